The van der Waals surface area contributed by atoms with Crippen molar-refractivity contribution in [2.45, 2.75) is 13.3 Å². The summed E-state index contributed by atoms with van der Waals surface area (Å²) in [4.78, 5) is 38.6. The van der Waals surface area contributed by atoms with Gasteiger partial charge in [-0.15, -0.1) is 0 Å². The molecule has 2 aliphatic heterocycles. The van der Waals surface area contributed by atoms with E-state index in [2.05, 4.69) is 5.32 Å². The molecule has 9 nitrogen and oxygen atoms in total. The number of nitrogens with zero attached hydrogens (tertiary/aromatic N) is 2. The van der Waals surface area contributed by atoms with Crippen molar-refractivity contribution in [1.82, 2.24) is 0 Å². The highest BCUT2D eigenvalue weighted by molar-refractivity contribution is 6.03. The monoisotopic (exact) mass is 447 g/mol. The summed E-state index contributed by atoms with van der Waals surface area (Å²) in [6, 6.07) is 13.7. The van der Waals surface area contributed by atoms with Crippen molar-refractivity contribution in [2.24, 2.45) is 5.92 Å². The third-order valence-corrected chi connectivity index (χ3v) is 5.27. The fraction of sp³-hybridized carbons (Fsp3) is 0.250. The van der Waals surface area contributed by atoms with Crippen molar-refractivity contribution in [3.63, 3.8) is 0 Å². The first-order valence-corrected chi connectivity index (χ1v) is 10.4. The molecule has 1 atom stereocenters. The maximum Gasteiger partial charge on any atom is 0.348 e. The van der Waals surface area contributed by atoms with Crippen LogP contribution in [0.25, 0.3) is 6.08 Å². The number of esters is 1. The molecule has 2 aromatic rings. The molecule has 0 spiro atoms. The Balaban J connectivity index is 1.39. The van der Waals surface area contributed by atoms with Gasteiger partial charge in [-0.05, 0) is 42.8 Å². The van der Waals surface area contributed by atoms with Gasteiger partial charge in [-0.3, -0.25) is 9.59 Å². The van der Waals surface area contributed by atoms with Crippen LogP contribution in [0.1, 0.15) is 18.9 Å². The van der Waals surface area contributed by atoms with Gasteiger partial charge in [0.2, 0.25) is 18.6 Å². The number of rotatable bonds is 6. The van der Waals surface area contributed by atoms with Gasteiger partial charge in [-0.25, -0.2) is 4.79 Å². The van der Waals surface area contributed by atoms with Crippen LogP contribution in [0.2, 0.25) is 0 Å². The molecule has 1 unspecified atom stereocenters. The number of nitriles is 1. The highest BCUT2D eigenvalue weighted by Crippen LogP contribution is 2.37. The van der Waals surface area contributed by atoms with Gasteiger partial charge in [0, 0.05) is 30.4 Å². The number of hydrogen-bond donors (Lipinski definition) is 1. The number of nitrogens with one attached hydrogen (secondary N) is 1. The third-order valence-electron chi connectivity index (χ3n) is 5.27. The van der Waals surface area contributed by atoms with E-state index in [1.54, 1.807) is 54.3 Å². The Hall–Kier alpha value is -4.32. The molecule has 0 saturated carbocycles. The Morgan fingerprint density at radius 3 is 2.70 bits per heavy atom. The Labute approximate surface area is 190 Å². The minimum atomic E-state index is -0.685. The van der Waals surface area contributed by atoms with Crippen LogP contribution in [0.5, 0.6) is 11.5 Å². The average Bonchev–Trinajstić information content (AvgIpc) is 3.44. The first-order valence-electron chi connectivity index (χ1n) is 10.4. The van der Waals surface area contributed by atoms with E-state index in [4.69, 9.17) is 19.5 Å². The SMILES string of the molecule is CCOC(=O)/C(C#N)=C/c1ccc(NC(=O)C2CC(=O)N(c3ccc4c(c3)OCO4)C2)cc1. The second-order valence-electron chi connectivity index (χ2n) is 7.44. The van der Waals surface area contributed by atoms with Gasteiger partial charge >= 0.3 is 5.97 Å². The third kappa shape index (κ3) is 4.80. The highest BCUT2D eigenvalue weighted by atomic mass is 16.7. The molecule has 33 heavy (non-hydrogen) atoms. The average molecular weight is 447 g/mol. The second-order valence-corrected chi connectivity index (χ2v) is 7.44. The van der Waals surface area contributed by atoms with Crippen molar-refractivity contribution >= 4 is 35.2 Å². The minimum Gasteiger partial charge on any atom is -0.462 e. The predicted octanol–water partition coefficient (Wildman–Crippen LogP) is 2.88. The summed E-state index contributed by atoms with van der Waals surface area (Å²) < 4.78 is 15.5. The maximum atomic E-state index is 12.7. The molecular formula is C24H21N3O6. The van der Waals surface area contributed by atoms with Crippen LogP contribution in [0.4, 0.5) is 11.4 Å². The van der Waals surface area contributed by atoms with E-state index in [0.29, 0.717) is 28.4 Å². The summed E-state index contributed by atoms with van der Waals surface area (Å²) in [6.45, 7) is 2.25. The molecule has 1 fully saturated rings. The normalized spacial score (nSPS) is 17.0. The molecule has 2 aliphatic rings. The van der Waals surface area contributed by atoms with Crippen LogP contribution in [0, 0.1) is 17.2 Å². The fourth-order valence-electron chi connectivity index (χ4n) is 3.61. The summed E-state index contributed by atoms with van der Waals surface area (Å²) in [7, 11) is 0. The number of ether oxygens (including phenoxy) is 3. The van der Waals surface area contributed by atoms with Gasteiger partial charge in [-0.1, -0.05) is 12.1 Å². The minimum absolute atomic E-state index is 0.103. The Morgan fingerprint density at radius 2 is 1.97 bits per heavy atom. The predicted molar refractivity (Wildman–Crippen MR) is 118 cm³/mol. The molecule has 168 valence electrons. The number of anilines is 2. The first-order chi connectivity index (χ1) is 16.0. The van der Waals surface area contributed by atoms with Gasteiger partial charge in [0.1, 0.15) is 11.6 Å². The summed E-state index contributed by atoms with van der Waals surface area (Å²) in [6.07, 6.45) is 1.52. The van der Waals surface area contributed by atoms with Crippen LogP contribution in [-0.2, 0) is 19.1 Å². The lowest BCUT2D eigenvalue weighted by Crippen LogP contribution is -2.28. The van der Waals surface area contributed by atoms with Crippen molar-refractivity contribution in [2.75, 3.05) is 30.2 Å². The van der Waals surface area contributed by atoms with E-state index in [9.17, 15) is 14.4 Å². The summed E-state index contributed by atoms with van der Waals surface area (Å²) in [5, 5.41) is 11.9. The quantitative estimate of drug-likeness (QED) is 0.411. The zero-order valence-corrected chi connectivity index (χ0v) is 17.9. The summed E-state index contributed by atoms with van der Waals surface area (Å²) in [5.74, 6) is -0.393. The molecule has 2 heterocycles. The van der Waals surface area contributed by atoms with Crippen LogP contribution in [0.3, 0.4) is 0 Å². The molecule has 2 amide bonds. The highest BCUT2D eigenvalue weighted by Gasteiger charge is 2.35. The largest absolute Gasteiger partial charge is 0.462 e. The van der Waals surface area contributed by atoms with Crippen LogP contribution >= 0.6 is 0 Å². The zero-order chi connectivity index (χ0) is 23.4. The van der Waals surface area contributed by atoms with Crippen LogP contribution < -0.4 is 19.7 Å². The topological polar surface area (TPSA) is 118 Å². The van der Waals surface area contributed by atoms with Crippen molar-refractivity contribution in [3.05, 3.63) is 53.6 Å². The van der Waals surface area contributed by atoms with E-state index in [0.717, 1.165) is 0 Å². The molecule has 1 saturated heterocycles. The van der Waals surface area contributed by atoms with Crippen molar-refractivity contribution in [1.29, 1.82) is 5.26 Å². The van der Waals surface area contributed by atoms with Gasteiger partial charge in [0.25, 0.3) is 0 Å². The molecule has 0 aliphatic carbocycles. The molecule has 2 aromatic carbocycles. The van der Waals surface area contributed by atoms with E-state index in [-0.39, 0.29) is 43.8 Å². The number of fused-ring (bicyclic) bond motifs is 1. The fourth-order valence-corrected chi connectivity index (χ4v) is 3.61. The van der Waals surface area contributed by atoms with E-state index in [1.165, 1.54) is 6.08 Å². The Kier molecular flexibility index (Phi) is 6.26. The van der Waals surface area contributed by atoms with Gasteiger partial charge < -0.3 is 24.4 Å². The molecular weight excluding hydrogens is 426 g/mol. The number of amides is 2. The van der Waals surface area contributed by atoms with E-state index >= 15 is 0 Å². The number of benzene rings is 2. The molecule has 0 bridgehead atoms. The van der Waals surface area contributed by atoms with Crippen molar-refractivity contribution < 1.29 is 28.6 Å². The number of carbonyl (C=O) groups excluding carboxylic acids is 3. The molecule has 4 rings (SSSR count). The molecule has 9 heteroatoms. The van der Waals surface area contributed by atoms with Crippen molar-refractivity contribution in [3.8, 4) is 17.6 Å². The van der Waals surface area contributed by atoms with Gasteiger partial charge in [0.05, 0.1) is 12.5 Å². The van der Waals surface area contributed by atoms with Crippen LogP contribution in [0.15, 0.2) is 48.0 Å². The van der Waals surface area contributed by atoms with Crippen LogP contribution in [-0.4, -0.2) is 37.7 Å². The zero-order valence-electron chi connectivity index (χ0n) is 17.9. The second kappa shape index (κ2) is 9.44. The molecule has 0 radical (unpaired) electrons. The van der Waals surface area contributed by atoms with Gasteiger partial charge in [0.15, 0.2) is 11.5 Å². The maximum absolute atomic E-state index is 12.7. The number of carbonyl (C=O) groups is 3. The van der Waals surface area contributed by atoms with E-state index < -0.39 is 11.9 Å². The van der Waals surface area contributed by atoms with Gasteiger partial charge in [-0.2, -0.15) is 5.26 Å². The lowest BCUT2D eigenvalue weighted by molar-refractivity contribution is -0.137. The lowest BCUT2D eigenvalue weighted by atomic mass is 10.1. The Bertz CT molecular complexity index is 1170. The lowest BCUT2D eigenvalue weighted by Gasteiger charge is -2.17. The molecule has 1 N–H and O–H groups in total. The Morgan fingerprint density at radius 1 is 1.21 bits per heavy atom. The number of hydrogen-bond acceptors (Lipinski definition) is 7. The summed E-state index contributed by atoms with van der Waals surface area (Å²) in [5.41, 5.74) is 1.70. The van der Waals surface area contributed by atoms with E-state index in [1.807, 2.05) is 6.07 Å². The standard InChI is InChI=1S/C24H21N3O6/c1-2-31-24(30)16(12-25)9-15-3-5-18(6-4-15)26-23(29)17-10-22(28)27(13-17)19-7-8-20-21(11-19)33-14-32-20/h3-9,11,17H,2,10,13-14H2,1H3,(H,26,29)/b16-9+. The summed E-state index contributed by atoms with van der Waals surface area (Å²) >= 11 is 0. The first kappa shape index (κ1) is 21.9. The smallest absolute Gasteiger partial charge is 0.348 e. The molecule has 0 aromatic heterocycles.